The van der Waals surface area contributed by atoms with Crippen LogP contribution in [0.15, 0.2) is 35.1 Å². The van der Waals surface area contributed by atoms with E-state index in [4.69, 9.17) is 5.11 Å². The molecule has 0 unspecified atom stereocenters. The molecule has 4 nitrogen and oxygen atoms in total. The molecular formula is C13H13NO3. The van der Waals surface area contributed by atoms with E-state index in [1.807, 2.05) is 23.6 Å². The molecule has 0 atom stereocenters. The summed E-state index contributed by atoms with van der Waals surface area (Å²) in [5.41, 5.74) is 1.21. The Morgan fingerprint density at radius 3 is 2.71 bits per heavy atom. The maximum Gasteiger partial charge on any atom is 0.309 e. The predicted molar refractivity (Wildman–Crippen MR) is 65.2 cm³/mol. The monoisotopic (exact) mass is 231 g/mol. The van der Waals surface area contributed by atoms with E-state index in [2.05, 4.69) is 0 Å². The molecule has 1 aromatic carbocycles. The van der Waals surface area contributed by atoms with Crippen LogP contribution < -0.4 is 5.43 Å². The number of carbonyl (C=O) groups is 1. The van der Waals surface area contributed by atoms with Gasteiger partial charge in [-0.25, -0.2) is 0 Å². The van der Waals surface area contributed by atoms with Crippen LogP contribution in [-0.4, -0.2) is 15.6 Å². The highest BCUT2D eigenvalue weighted by Gasteiger charge is 2.10. The van der Waals surface area contributed by atoms with Gasteiger partial charge in [0.15, 0.2) is 5.43 Å². The number of carboxylic acid groups (broad SMARTS) is 1. The van der Waals surface area contributed by atoms with Crippen molar-refractivity contribution in [3.8, 4) is 0 Å². The topological polar surface area (TPSA) is 59.3 Å². The van der Waals surface area contributed by atoms with Crippen LogP contribution >= 0.6 is 0 Å². The van der Waals surface area contributed by atoms with Crippen LogP contribution in [0.5, 0.6) is 0 Å². The van der Waals surface area contributed by atoms with Gasteiger partial charge in [-0.3, -0.25) is 9.59 Å². The predicted octanol–water partition coefficient (Wildman–Crippen LogP) is 1.65. The van der Waals surface area contributed by atoms with Crippen molar-refractivity contribution in [3.05, 3.63) is 46.2 Å². The molecule has 0 spiro atoms. The average molecular weight is 231 g/mol. The van der Waals surface area contributed by atoms with E-state index in [9.17, 15) is 9.59 Å². The van der Waals surface area contributed by atoms with Crippen LogP contribution in [0.4, 0.5) is 0 Å². The van der Waals surface area contributed by atoms with E-state index in [0.717, 1.165) is 5.52 Å². The molecule has 0 saturated heterocycles. The minimum absolute atomic E-state index is 0.124. The number of carboxylic acids is 1. The molecule has 0 aliphatic rings. The number of hydrogen-bond acceptors (Lipinski definition) is 2. The van der Waals surface area contributed by atoms with Crippen LogP contribution in [0.25, 0.3) is 10.9 Å². The fraction of sp³-hybridized carbons (Fsp3) is 0.231. The number of fused-ring (bicyclic) bond motifs is 1. The molecule has 0 radical (unpaired) electrons. The lowest BCUT2D eigenvalue weighted by Gasteiger charge is -2.13. The van der Waals surface area contributed by atoms with Crippen molar-refractivity contribution in [1.82, 2.24) is 4.57 Å². The van der Waals surface area contributed by atoms with E-state index < -0.39 is 5.97 Å². The smallest absolute Gasteiger partial charge is 0.309 e. The zero-order chi connectivity index (χ0) is 12.4. The molecule has 2 rings (SSSR count). The molecule has 0 aliphatic heterocycles. The first-order valence-corrected chi connectivity index (χ1v) is 5.46. The first-order chi connectivity index (χ1) is 8.13. The van der Waals surface area contributed by atoms with Crippen molar-refractivity contribution in [2.75, 3.05) is 0 Å². The third kappa shape index (κ3) is 2.06. The van der Waals surface area contributed by atoms with Crippen LogP contribution in [0.1, 0.15) is 12.6 Å². The molecule has 1 heterocycles. The summed E-state index contributed by atoms with van der Waals surface area (Å²) in [6, 6.07) is 8.67. The summed E-state index contributed by atoms with van der Waals surface area (Å²) in [4.78, 5) is 22.6. The molecule has 0 fully saturated rings. The van der Waals surface area contributed by atoms with Gasteiger partial charge in [0.25, 0.3) is 0 Å². The van der Waals surface area contributed by atoms with Crippen molar-refractivity contribution in [1.29, 1.82) is 0 Å². The Balaban J connectivity index is 2.77. The molecule has 1 N–H and O–H groups in total. The second-order valence-electron chi connectivity index (χ2n) is 3.83. The molecule has 0 aliphatic carbocycles. The number of hydrogen-bond donors (Lipinski definition) is 1. The number of nitrogens with zero attached hydrogens (tertiary/aromatic N) is 1. The largest absolute Gasteiger partial charge is 0.481 e. The van der Waals surface area contributed by atoms with Crippen LogP contribution in [0.3, 0.4) is 0 Å². The average Bonchev–Trinajstić information content (AvgIpc) is 2.29. The van der Waals surface area contributed by atoms with Gasteiger partial charge in [-0.05, 0) is 19.1 Å². The van der Waals surface area contributed by atoms with Crippen molar-refractivity contribution in [2.45, 2.75) is 19.9 Å². The highest BCUT2D eigenvalue weighted by molar-refractivity contribution is 5.80. The van der Waals surface area contributed by atoms with E-state index in [1.165, 1.54) is 6.07 Å². The number of para-hydroxylation sites is 1. The molecular weight excluding hydrogens is 218 g/mol. The number of benzene rings is 1. The standard InChI is InChI=1S/C13H13NO3/c1-2-14-9(8-13(16)17)7-12(15)10-5-3-4-6-11(10)14/h3-7H,2,8H2,1H3,(H,16,17). The van der Waals surface area contributed by atoms with Crippen molar-refractivity contribution < 1.29 is 9.90 Å². The number of pyridine rings is 1. The first kappa shape index (κ1) is 11.4. The zero-order valence-corrected chi connectivity index (χ0v) is 9.51. The first-order valence-electron chi connectivity index (χ1n) is 5.46. The number of aliphatic carboxylic acids is 1. The second-order valence-corrected chi connectivity index (χ2v) is 3.83. The highest BCUT2D eigenvalue weighted by Crippen LogP contribution is 2.13. The Morgan fingerprint density at radius 2 is 2.06 bits per heavy atom. The Bertz CT molecular complexity index is 628. The highest BCUT2D eigenvalue weighted by atomic mass is 16.4. The lowest BCUT2D eigenvalue weighted by atomic mass is 10.1. The summed E-state index contributed by atoms with van der Waals surface area (Å²) in [6.07, 6.45) is -0.131. The minimum atomic E-state index is -0.929. The lowest BCUT2D eigenvalue weighted by Crippen LogP contribution is -2.16. The van der Waals surface area contributed by atoms with Gasteiger partial charge in [-0.2, -0.15) is 0 Å². The normalized spacial score (nSPS) is 10.6. The Labute approximate surface area is 98.1 Å². The van der Waals surface area contributed by atoms with Gasteiger partial charge in [-0.1, -0.05) is 12.1 Å². The third-order valence-corrected chi connectivity index (χ3v) is 2.75. The fourth-order valence-electron chi connectivity index (χ4n) is 2.05. The Kier molecular flexibility index (Phi) is 2.95. The Hall–Kier alpha value is -2.10. The van der Waals surface area contributed by atoms with Gasteiger partial charge in [0.1, 0.15) is 0 Å². The molecule has 0 saturated carbocycles. The van der Waals surface area contributed by atoms with Gasteiger partial charge in [0, 0.05) is 23.7 Å². The van der Waals surface area contributed by atoms with Gasteiger partial charge in [-0.15, -0.1) is 0 Å². The molecule has 2 aromatic rings. The molecule has 1 aromatic heterocycles. The van der Waals surface area contributed by atoms with Crippen molar-refractivity contribution in [2.24, 2.45) is 0 Å². The minimum Gasteiger partial charge on any atom is -0.481 e. The van der Waals surface area contributed by atoms with Crippen LogP contribution in [0.2, 0.25) is 0 Å². The van der Waals surface area contributed by atoms with E-state index in [0.29, 0.717) is 17.6 Å². The Morgan fingerprint density at radius 1 is 1.35 bits per heavy atom. The number of aromatic nitrogens is 1. The number of aryl methyl sites for hydroxylation is 1. The molecule has 17 heavy (non-hydrogen) atoms. The van der Waals surface area contributed by atoms with Gasteiger partial charge < -0.3 is 9.67 Å². The lowest BCUT2D eigenvalue weighted by molar-refractivity contribution is -0.136. The van der Waals surface area contributed by atoms with Gasteiger partial charge in [0.2, 0.25) is 0 Å². The maximum atomic E-state index is 11.8. The maximum absolute atomic E-state index is 11.8. The molecule has 4 heteroatoms. The van der Waals surface area contributed by atoms with E-state index in [1.54, 1.807) is 12.1 Å². The summed E-state index contributed by atoms with van der Waals surface area (Å²) in [5.74, 6) is -0.929. The zero-order valence-electron chi connectivity index (χ0n) is 9.51. The van der Waals surface area contributed by atoms with Crippen LogP contribution in [0, 0.1) is 0 Å². The summed E-state index contributed by atoms with van der Waals surface area (Å²) in [6.45, 7) is 2.58. The summed E-state index contributed by atoms with van der Waals surface area (Å²) >= 11 is 0. The van der Waals surface area contributed by atoms with E-state index >= 15 is 0 Å². The van der Waals surface area contributed by atoms with E-state index in [-0.39, 0.29) is 11.8 Å². The quantitative estimate of drug-likeness (QED) is 0.873. The second kappa shape index (κ2) is 4.41. The van der Waals surface area contributed by atoms with Crippen molar-refractivity contribution in [3.63, 3.8) is 0 Å². The summed E-state index contributed by atoms with van der Waals surface area (Å²) in [7, 11) is 0. The number of rotatable bonds is 3. The summed E-state index contributed by atoms with van der Waals surface area (Å²) in [5, 5.41) is 9.46. The molecule has 88 valence electrons. The third-order valence-electron chi connectivity index (χ3n) is 2.75. The summed E-state index contributed by atoms with van der Waals surface area (Å²) < 4.78 is 1.87. The SMILES string of the molecule is CCn1c(CC(=O)O)cc(=O)c2ccccc21. The van der Waals surface area contributed by atoms with Crippen LogP contribution in [-0.2, 0) is 17.8 Å². The molecule has 0 bridgehead atoms. The van der Waals surface area contributed by atoms with Gasteiger partial charge in [0.05, 0.1) is 11.9 Å². The molecule has 0 amide bonds. The van der Waals surface area contributed by atoms with Gasteiger partial charge >= 0.3 is 5.97 Å². The van der Waals surface area contributed by atoms with Crippen molar-refractivity contribution >= 4 is 16.9 Å². The fourth-order valence-corrected chi connectivity index (χ4v) is 2.05.